The molecule has 0 amide bonds. The minimum Gasteiger partial charge on any atom is -0.291 e. The molecule has 0 aliphatic heterocycles. The Balaban J connectivity index is 1.66. The number of H-pyrrole nitrogens is 1. The Morgan fingerprint density at radius 3 is 2.64 bits per heavy atom. The second kappa shape index (κ2) is 7.53. The lowest BCUT2D eigenvalue weighted by atomic mass is 10.1. The number of aromatic amines is 1. The van der Waals surface area contributed by atoms with Crippen molar-refractivity contribution in [1.82, 2.24) is 14.8 Å². The van der Waals surface area contributed by atoms with Gasteiger partial charge in [-0.2, -0.15) is 9.80 Å². The Morgan fingerprint density at radius 1 is 1.11 bits per heavy atom. The smallest absolute Gasteiger partial charge is 0.291 e. The monoisotopic (exact) mass is 409 g/mol. The summed E-state index contributed by atoms with van der Waals surface area (Å²) in [4.78, 5) is 17.4. The Bertz CT molecular complexity index is 1220. The third-order valence-corrected chi connectivity index (χ3v) is 5.21. The van der Waals surface area contributed by atoms with Crippen LogP contribution >= 0.6 is 22.9 Å². The Labute approximate surface area is 170 Å². The molecule has 0 atom stereocenters. The molecule has 140 valence electrons. The molecule has 4 aromatic rings. The van der Waals surface area contributed by atoms with Crippen LogP contribution in [0.2, 0.25) is 5.02 Å². The van der Waals surface area contributed by atoms with E-state index in [0.717, 1.165) is 11.3 Å². The maximum Gasteiger partial charge on any atom is 0.301 e. The molecule has 0 unspecified atom stereocenters. The summed E-state index contributed by atoms with van der Waals surface area (Å²) in [7, 11) is 0. The fourth-order valence-corrected chi connectivity index (χ4v) is 3.64. The number of aryl methyl sites for hydroxylation is 2. The summed E-state index contributed by atoms with van der Waals surface area (Å²) in [5.74, 6) is 0. The SMILES string of the molecule is Cc1ccc(-c2csc(-n3[nH]c(C)c(N=Nc4cccc(Cl)c4)c3=O)n2)cc1. The molecule has 1 N–H and O–H groups in total. The highest BCUT2D eigenvalue weighted by Crippen LogP contribution is 2.25. The van der Waals surface area contributed by atoms with Gasteiger partial charge in [0.2, 0.25) is 5.13 Å². The summed E-state index contributed by atoms with van der Waals surface area (Å²) < 4.78 is 1.39. The van der Waals surface area contributed by atoms with Gasteiger partial charge in [0.15, 0.2) is 5.69 Å². The molecule has 0 fully saturated rings. The van der Waals surface area contributed by atoms with E-state index in [2.05, 4.69) is 20.3 Å². The number of azo groups is 1. The minimum atomic E-state index is -0.298. The standard InChI is InChI=1S/C20H16ClN5OS/c1-12-6-8-14(9-7-12)17-11-28-20(22-17)26-19(27)18(13(2)25-26)24-23-16-5-3-4-15(21)10-16/h3-11,25H,1-2H3. The molecule has 6 nitrogen and oxygen atoms in total. The minimum absolute atomic E-state index is 0.243. The van der Waals surface area contributed by atoms with E-state index < -0.39 is 0 Å². The first-order valence-corrected chi connectivity index (χ1v) is 9.79. The molecule has 0 aliphatic carbocycles. The third-order valence-electron chi connectivity index (χ3n) is 4.14. The quantitative estimate of drug-likeness (QED) is 0.421. The number of thiazole rings is 1. The lowest BCUT2D eigenvalue weighted by molar-refractivity contribution is 0.827. The summed E-state index contributed by atoms with van der Waals surface area (Å²) in [6.45, 7) is 3.82. The van der Waals surface area contributed by atoms with Crippen LogP contribution in [0.1, 0.15) is 11.3 Å². The molecular formula is C20H16ClN5OS. The molecule has 0 saturated heterocycles. The molecule has 0 radical (unpaired) electrons. The van der Waals surface area contributed by atoms with Crippen LogP contribution in [-0.2, 0) is 0 Å². The van der Waals surface area contributed by atoms with Crippen molar-refractivity contribution in [2.24, 2.45) is 10.2 Å². The van der Waals surface area contributed by atoms with Crippen LogP contribution in [0.5, 0.6) is 0 Å². The van der Waals surface area contributed by atoms with Crippen LogP contribution in [0.25, 0.3) is 16.4 Å². The molecule has 0 saturated carbocycles. The van der Waals surface area contributed by atoms with Gasteiger partial charge in [0.05, 0.1) is 17.1 Å². The number of rotatable bonds is 4. The van der Waals surface area contributed by atoms with E-state index in [9.17, 15) is 4.79 Å². The van der Waals surface area contributed by atoms with Crippen molar-refractivity contribution in [3.8, 4) is 16.4 Å². The highest BCUT2D eigenvalue weighted by Gasteiger charge is 2.15. The van der Waals surface area contributed by atoms with Crippen LogP contribution in [0.15, 0.2) is 68.9 Å². The predicted molar refractivity (Wildman–Crippen MR) is 113 cm³/mol. The van der Waals surface area contributed by atoms with Gasteiger partial charge in [-0.15, -0.1) is 16.5 Å². The van der Waals surface area contributed by atoms with E-state index in [1.807, 2.05) is 36.6 Å². The summed E-state index contributed by atoms with van der Waals surface area (Å²) >= 11 is 7.34. The van der Waals surface area contributed by atoms with E-state index in [0.29, 0.717) is 21.5 Å². The fourth-order valence-electron chi connectivity index (χ4n) is 2.66. The van der Waals surface area contributed by atoms with Gasteiger partial charge in [-0.25, -0.2) is 4.98 Å². The van der Waals surface area contributed by atoms with E-state index >= 15 is 0 Å². The molecule has 0 bridgehead atoms. The number of hydrogen-bond donors (Lipinski definition) is 1. The highest BCUT2D eigenvalue weighted by atomic mass is 35.5. The van der Waals surface area contributed by atoms with Gasteiger partial charge < -0.3 is 0 Å². The molecule has 28 heavy (non-hydrogen) atoms. The molecule has 0 aliphatic rings. The number of nitrogens with zero attached hydrogens (tertiary/aromatic N) is 4. The van der Waals surface area contributed by atoms with Crippen molar-refractivity contribution >= 4 is 34.3 Å². The fraction of sp³-hybridized carbons (Fsp3) is 0.100. The molecule has 4 rings (SSSR count). The van der Waals surface area contributed by atoms with Crippen molar-refractivity contribution in [1.29, 1.82) is 0 Å². The van der Waals surface area contributed by atoms with E-state index in [4.69, 9.17) is 11.6 Å². The summed E-state index contributed by atoms with van der Waals surface area (Å²) in [5, 5.41) is 14.3. The first-order chi connectivity index (χ1) is 13.5. The number of halogens is 1. The molecule has 2 aromatic carbocycles. The summed E-state index contributed by atoms with van der Waals surface area (Å²) in [5.41, 5.74) is 4.15. The second-order valence-electron chi connectivity index (χ2n) is 6.29. The average Bonchev–Trinajstić information content (AvgIpc) is 3.26. The number of aromatic nitrogens is 3. The lowest BCUT2D eigenvalue weighted by Gasteiger charge is -1.97. The zero-order valence-electron chi connectivity index (χ0n) is 15.2. The van der Waals surface area contributed by atoms with Crippen molar-refractivity contribution in [3.63, 3.8) is 0 Å². The van der Waals surface area contributed by atoms with Crippen molar-refractivity contribution in [3.05, 3.63) is 80.5 Å². The van der Waals surface area contributed by atoms with E-state index in [-0.39, 0.29) is 11.2 Å². The molecular weight excluding hydrogens is 394 g/mol. The lowest BCUT2D eigenvalue weighted by Crippen LogP contribution is -2.13. The number of hydrogen-bond acceptors (Lipinski definition) is 5. The highest BCUT2D eigenvalue weighted by molar-refractivity contribution is 7.12. The van der Waals surface area contributed by atoms with Gasteiger partial charge in [0.25, 0.3) is 0 Å². The van der Waals surface area contributed by atoms with Crippen molar-refractivity contribution in [2.75, 3.05) is 0 Å². The van der Waals surface area contributed by atoms with Gasteiger partial charge in [-0.1, -0.05) is 47.5 Å². The first-order valence-electron chi connectivity index (χ1n) is 8.53. The average molecular weight is 410 g/mol. The topological polar surface area (TPSA) is 75.4 Å². The van der Waals surface area contributed by atoms with Gasteiger partial charge in [0.1, 0.15) is 0 Å². The van der Waals surface area contributed by atoms with Crippen molar-refractivity contribution in [2.45, 2.75) is 13.8 Å². The molecule has 2 aromatic heterocycles. The van der Waals surface area contributed by atoms with Crippen LogP contribution in [0.3, 0.4) is 0 Å². The van der Waals surface area contributed by atoms with Gasteiger partial charge in [-0.05, 0) is 32.0 Å². The Hall–Kier alpha value is -3.03. The maximum absolute atomic E-state index is 12.8. The summed E-state index contributed by atoms with van der Waals surface area (Å²) in [6, 6.07) is 15.1. The second-order valence-corrected chi connectivity index (χ2v) is 7.56. The zero-order chi connectivity index (χ0) is 19.7. The number of benzene rings is 2. The maximum atomic E-state index is 12.8. The van der Waals surface area contributed by atoms with E-state index in [1.54, 1.807) is 31.2 Å². The van der Waals surface area contributed by atoms with Crippen LogP contribution in [-0.4, -0.2) is 14.8 Å². The first kappa shape index (κ1) is 18.3. The van der Waals surface area contributed by atoms with Gasteiger partial charge in [0, 0.05) is 16.0 Å². The normalized spacial score (nSPS) is 11.4. The van der Waals surface area contributed by atoms with Crippen LogP contribution < -0.4 is 5.56 Å². The summed E-state index contributed by atoms with van der Waals surface area (Å²) in [6.07, 6.45) is 0. The number of nitrogens with one attached hydrogen (secondary N) is 1. The molecule has 2 heterocycles. The van der Waals surface area contributed by atoms with Gasteiger partial charge in [-0.3, -0.25) is 9.89 Å². The third kappa shape index (κ3) is 3.67. The molecule has 8 heteroatoms. The van der Waals surface area contributed by atoms with Crippen LogP contribution in [0, 0.1) is 13.8 Å². The van der Waals surface area contributed by atoms with Crippen molar-refractivity contribution < 1.29 is 0 Å². The molecule has 0 spiro atoms. The van der Waals surface area contributed by atoms with Gasteiger partial charge >= 0.3 is 5.56 Å². The van der Waals surface area contributed by atoms with Crippen LogP contribution in [0.4, 0.5) is 11.4 Å². The Morgan fingerprint density at radius 2 is 1.89 bits per heavy atom. The van der Waals surface area contributed by atoms with E-state index in [1.165, 1.54) is 21.6 Å². The largest absolute Gasteiger partial charge is 0.301 e. The zero-order valence-corrected chi connectivity index (χ0v) is 16.8. The Kier molecular flexibility index (Phi) is 4.93. The predicted octanol–water partition coefficient (Wildman–Crippen LogP) is 5.97.